The SMILES string of the molecule is Cc1ncc(C#Cc2cc(N3CCOCC3)c(CC[C@@H]3CCOC3)cn2)c2cc(NC(=O)C3CC3)ncc12. The van der Waals surface area contributed by atoms with Crippen LogP contribution in [-0.2, 0) is 20.7 Å². The van der Waals surface area contributed by atoms with E-state index in [9.17, 15) is 4.79 Å². The number of aryl methyl sites for hydroxylation is 2. The number of fused-ring (bicyclic) bond motifs is 1. The molecule has 8 nitrogen and oxygen atoms in total. The maximum atomic E-state index is 12.3. The fourth-order valence-corrected chi connectivity index (χ4v) is 5.14. The summed E-state index contributed by atoms with van der Waals surface area (Å²) in [5.41, 5.74) is 4.85. The molecule has 2 aliphatic heterocycles. The number of morpholine rings is 1. The molecule has 1 N–H and O–H groups in total. The third-order valence-electron chi connectivity index (χ3n) is 7.66. The van der Waals surface area contributed by atoms with Gasteiger partial charge in [0, 0.05) is 73.0 Å². The summed E-state index contributed by atoms with van der Waals surface area (Å²) >= 11 is 0. The number of nitrogens with one attached hydrogen (secondary N) is 1. The largest absolute Gasteiger partial charge is 0.381 e. The van der Waals surface area contributed by atoms with Gasteiger partial charge in [0.1, 0.15) is 11.5 Å². The smallest absolute Gasteiger partial charge is 0.228 e. The van der Waals surface area contributed by atoms with Crippen molar-refractivity contribution in [1.82, 2.24) is 15.0 Å². The van der Waals surface area contributed by atoms with Crippen molar-refractivity contribution in [2.75, 3.05) is 49.7 Å². The molecule has 1 atom stereocenters. The molecule has 38 heavy (non-hydrogen) atoms. The van der Waals surface area contributed by atoms with E-state index in [1.165, 1.54) is 11.3 Å². The van der Waals surface area contributed by atoms with Gasteiger partial charge in [0.25, 0.3) is 0 Å². The summed E-state index contributed by atoms with van der Waals surface area (Å²) in [4.78, 5) is 28.4. The number of ether oxygens (including phenoxy) is 2. The zero-order valence-corrected chi connectivity index (χ0v) is 21.8. The van der Waals surface area contributed by atoms with Crippen LogP contribution in [0.5, 0.6) is 0 Å². The van der Waals surface area contributed by atoms with Crippen molar-refractivity contribution < 1.29 is 14.3 Å². The molecule has 5 heterocycles. The van der Waals surface area contributed by atoms with Crippen molar-refractivity contribution in [3.8, 4) is 11.8 Å². The Morgan fingerprint density at radius 1 is 1.00 bits per heavy atom. The number of carbonyl (C=O) groups is 1. The summed E-state index contributed by atoms with van der Waals surface area (Å²) in [5.74, 6) is 7.91. The Kier molecular flexibility index (Phi) is 7.21. The van der Waals surface area contributed by atoms with Crippen LogP contribution >= 0.6 is 0 Å². The summed E-state index contributed by atoms with van der Waals surface area (Å²) in [5, 5.41) is 4.80. The molecule has 3 fully saturated rings. The first kappa shape index (κ1) is 24.8. The lowest BCUT2D eigenvalue weighted by Crippen LogP contribution is -2.37. The number of amides is 1. The summed E-state index contributed by atoms with van der Waals surface area (Å²) in [6, 6.07) is 4.02. The van der Waals surface area contributed by atoms with Crippen LogP contribution in [0.4, 0.5) is 11.5 Å². The number of pyridine rings is 3. The van der Waals surface area contributed by atoms with Gasteiger partial charge in [-0.25, -0.2) is 9.97 Å². The highest BCUT2D eigenvalue weighted by molar-refractivity contribution is 5.96. The van der Waals surface area contributed by atoms with Gasteiger partial charge in [-0.1, -0.05) is 5.92 Å². The number of hydrogen-bond donors (Lipinski definition) is 1. The van der Waals surface area contributed by atoms with Gasteiger partial charge in [-0.15, -0.1) is 0 Å². The normalized spacial score (nSPS) is 19.3. The Labute approximate surface area is 223 Å². The van der Waals surface area contributed by atoms with E-state index in [2.05, 4.69) is 38.1 Å². The van der Waals surface area contributed by atoms with Crippen molar-refractivity contribution in [2.24, 2.45) is 11.8 Å². The van der Waals surface area contributed by atoms with E-state index in [0.717, 1.165) is 99.3 Å². The fourth-order valence-electron chi connectivity index (χ4n) is 5.14. The number of anilines is 2. The summed E-state index contributed by atoms with van der Waals surface area (Å²) < 4.78 is 11.2. The molecule has 2 saturated heterocycles. The van der Waals surface area contributed by atoms with Crippen molar-refractivity contribution in [2.45, 2.75) is 39.0 Å². The van der Waals surface area contributed by atoms with Crippen molar-refractivity contribution in [1.29, 1.82) is 0 Å². The van der Waals surface area contributed by atoms with Crippen LogP contribution in [0.3, 0.4) is 0 Å². The second kappa shape index (κ2) is 11.1. The molecule has 0 aromatic carbocycles. The van der Waals surface area contributed by atoms with Gasteiger partial charge in [-0.3, -0.25) is 9.78 Å². The molecule has 0 spiro atoms. The first-order valence-electron chi connectivity index (χ1n) is 13.6. The Morgan fingerprint density at radius 2 is 1.87 bits per heavy atom. The van der Waals surface area contributed by atoms with Crippen LogP contribution in [0.15, 0.2) is 30.7 Å². The van der Waals surface area contributed by atoms with E-state index in [4.69, 9.17) is 14.5 Å². The van der Waals surface area contributed by atoms with Gasteiger partial charge in [0.15, 0.2) is 0 Å². The average Bonchev–Trinajstić information content (AvgIpc) is 3.68. The zero-order chi connectivity index (χ0) is 25.9. The Balaban J connectivity index is 1.29. The minimum Gasteiger partial charge on any atom is -0.381 e. The quantitative estimate of drug-likeness (QED) is 0.502. The van der Waals surface area contributed by atoms with E-state index in [0.29, 0.717) is 11.7 Å². The molecular weight excluding hydrogens is 478 g/mol. The fraction of sp³-hybridized carbons (Fsp3) is 0.467. The summed E-state index contributed by atoms with van der Waals surface area (Å²) in [6.45, 7) is 6.89. The first-order chi connectivity index (χ1) is 18.6. The number of aromatic nitrogens is 3. The highest BCUT2D eigenvalue weighted by Gasteiger charge is 2.29. The summed E-state index contributed by atoms with van der Waals surface area (Å²) in [6.07, 6.45) is 10.7. The Bertz CT molecular complexity index is 1400. The molecule has 0 bridgehead atoms. The molecule has 8 heteroatoms. The van der Waals surface area contributed by atoms with Gasteiger partial charge < -0.3 is 19.7 Å². The van der Waals surface area contributed by atoms with Crippen LogP contribution in [0.25, 0.3) is 10.8 Å². The van der Waals surface area contributed by atoms with Crippen molar-refractivity contribution in [3.05, 3.63) is 53.2 Å². The van der Waals surface area contributed by atoms with E-state index in [-0.39, 0.29) is 11.8 Å². The van der Waals surface area contributed by atoms with E-state index in [1.807, 2.05) is 19.2 Å². The molecule has 0 unspecified atom stereocenters. The van der Waals surface area contributed by atoms with Gasteiger partial charge in [-0.05, 0) is 68.6 Å². The number of nitrogens with zero attached hydrogens (tertiary/aromatic N) is 4. The molecule has 1 amide bonds. The van der Waals surface area contributed by atoms with Crippen molar-refractivity contribution >= 4 is 28.2 Å². The molecule has 3 aromatic heterocycles. The molecular formula is C30H33N5O3. The monoisotopic (exact) mass is 511 g/mol. The standard InChI is InChI=1S/C30H33N5O3/c1-20-27-18-33-29(34-30(36)22-4-5-22)15-26(27)23(16-31-20)6-7-25-14-28(35-9-12-37-13-10-35)24(17-32-25)3-2-21-8-11-38-19-21/h14-18,21-22H,2-5,8-13,19H2,1H3,(H,33,34,36)/t21-/m1/s1. The number of rotatable bonds is 6. The zero-order valence-electron chi connectivity index (χ0n) is 21.8. The molecule has 1 aliphatic carbocycles. The minimum absolute atomic E-state index is 0.0376. The summed E-state index contributed by atoms with van der Waals surface area (Å²) in [7, 11) is 0. The lowest BCUT2D eigenvalue weighted by Gasteiger charge is -2.30. The van der Waals surface area contributed by atoms with Crippen LogP contribution < -0.4 is 10.2 Å². The molecule has 0 radical (unpaired) electrons. The lowest BCUT2D eigenvalue weighted by molar-refractivity contribution is -0.117. The topological polar surface area (TPSA) is 89.5 Å². The number of carbonyl (C=O) groups excluding carboxylic acids is 1. The average molecular weight is 512 g/mol. The highest BCUT2D eigenvalue weighted by Crippen LogP contribution is 2.31. The maximum absolute atomic E-state index is 12.3. The maximum Gasteiger partial charge on any atom is 0.228 e. The van der Waals surface area contributed by atoms with Crippen LogP contribution in [0.1, 0.15) is 48.2 Å². The van der Waals surface area contributed by atoms with Crippen LogP contribution in [-0.4, -0.2) is 60.4 Å². The Morgan fingerprint density at radius 3 is 2.66 bits per heavy atom. The van der Waals surface area contributed by atoms with Gasteiger partial charge in [0.2, 0.25) is 5.91 Å². The highest BCUT2D eigenvalue weighted by atomic mass is 16.5. The van der Waals surface area contributed by atoms with Crippen molar-refractivity contribution in [3.63, 3.8) is 0 Å². The predicted molar refractivity (Wildman–Crippen MR) is 146 cm³/mol. The lowest BCUT2D eigenvalue weighted by atomic mass is 9.98. The molecule has 3 aromatic rings. The third kappa shape index (κ3) is 5.64. The van der Waals surface area contributed by atoms with E-state index >= 15 is 0 Å². The van der Waals surface area contributed by atoms with Crippen LogP contribution in [0, 0.1) is 30.6 Å². The van der Waals surface area contributed by atoms with E-state index in [1.54, 1.807) is 12.4 Å². The van der Waals surface area contributed by atoms with Gasteiger partial charge in [0.05, 0.1) is 18.8 Å². The van der Waals surface area contributed by atoms with E-state index < -0.39 is 0 Å². The predicted octanol–water partition coefficient (Wildman–Crippen LogP) is 3.89. The second-order valence-corrected chi connectivity index (χ2v) is 10.5. The van der Waals surface area contributed by atoms with Crippen LogP contribution in [0.2, 0.25) is 0 Å². The Hall–Kier alpha value is -3.54. The second-order valence-electron chi connectivity index (χ2n) is 10.5. The molecule has 196 valence electrons. The first-order valence-corrected chi connectivity index (χ1v) is 13.6. The molecule has 3 aliphatic rings. The number of hydrogen-bond acceptors (Lipinski definition) is 7. The third-order valence-corrected chi connectivity index (χ3v) is 7.66. The molecule has 1 saturated carbocycles. The minimum atomic E-state index is 0.0376. The molecule has 6 rings (SSSR count). The van der Waals surface area contributed by atoms with Gasteiger partial charge in [-0.2, -0.15) is 0 Å². The van der Waals surface area contributed by atoms with Gasteiger partial charge >= 0.3 is 0 Å².